The van der Waals surface area contributed by atoms with Gasteiger partial charge in [0.25, 0.3) is 0 Å². The van der Waals surface area contributed by atoms with E-state index in [1.165, 1.54) is 12.1 Å². The monoisotopic (exact) mass is 363 g/mol. The van der Waals surface area contributed by atoms with E-state index in [1.54, 1.807) is 6.07 Å². The summed E-state index contributed by atoms with van der Waals surface area (Å²) in [6, 6.07) is 4.64. The molecule has 1 heterocycles. The number of H-pyrrole nitrogens is 1. The molecule has 17 heavy (non-hydrogen) atoms. The van der Waals surface area contributed by atoms with Crippen LogP contribution in [0.25, 0.3) is 5.69 Å². The third-order valence-corrected chi connectivity index (χ3v) is 3.50. The number of halogens is 2. The molecule has 1 N–H and O–H groups in total. The normalized spacial score (nSPS) is 10.8. The maximum atomic E-state index is 13.1. The molecule has 90 valence electrons. The molecule has 0 saturated heterocycles. The summed E-state index contributed by atoms with van der Waals surface area (Å²) >= 11 is 7.31. The first-order valence-corrected chi connectivity index (χ1v) is 6.74. The summed E-state index contributed by atoms with van der Waals surface area (Å²) in [7, 11) is 0. The van der Waals surface area contributed by atoms with Crippen LogP contribution >= 0.6 is 34.8 Å². The highest BCUT2D eigenvalue weighted by molar-refractivity contribution is 14.1. The number of aromatic nitrogens is 3. The summed E-state index contributed by atoms with van der Waals surface area (Å²) < 4.78 is 16.3. The van der Waals surface area contributed by atoms with Gasteiger partial charge in [0.05, 0.1) is 5.69 Å². The van der Waals surface area contributed by atoms with Crippen molar-refractivity contribution in [2.45, 2.75) is 19.8 Å². The lowest BCUT2D eigenvalue weighted by Gasteiger charge is -2.08. The Morgan fingerprint density at radius 1 is 1.53 bits per heavy atom. The zero-order chi connectivity index (χ0) is 12.4. The molecule has 0 bridgehead atoms. The van der Waals surface area contributed by atoms with Crippen LogP contribution in [0.5, 0.6) is 0 Å². The molecule has 2 aromatic rings. The fourth-order valence-corrected chi connectivity index (χ4v) is 2.60. The maximum absolute atomic E-state index is 13.1. The highest BCUT2D eigenvalue weighted by Crippen LogP contribution is 2.20. The third-order valence-electron chi connectivity index (χ3n) is 2.37. The molecule has 1 aromatic heterocycles. The standard InChI is InChI=1S/C11H11FIN3S/c1-2-3-10-14-15-11(17)16(10)9-5-4-7(12)6-8(9)13/h4-6H,2-3H2,1H3,(H,15,17). The van der Waals surface area contributed by atoms with E-state index in [4.69, 9.17) is 12.2 Å². The molecule has 0 amide bonds. The first-order chi connectivity index (χ1) is 8.13. The topological polar surface area (TPSA) is 33.6 Å². The molecule has 0 radical (unpaired) electrons. The van der Waals surface area contributed by atoms with Gasteiger partial charge in [0.1, 0.15) is 11.6 Å². The summed E-state index contributed by atoms with van der Waals surface area (Å²) in [4.78, 5) is 0. The van der Waals surface area contributed by atoms with Crippen molar-refractivity contribution in [3.05, 3.63) is 38.2 Å². The highest BCUT2D eigenvalue weighted by atomic mass is 127. The molecule has 0 spiro atoms. The molecular weight excluding hydrogens is 352 g/mol. The zero-order valence-electron chi connectivity index (χ0n) is 9.20. The van der Waals surface area contributed by atoms with Crippen molar-refractivity contribution in [3.63, 3.8) is 0 Å². The van der Waals surface area contributed by atoms with Crippen LogP contribution in [0.2, 0.25) is 0 Å². The van der Waals surface area contributed by atoms with Crippen molar-refractivity contribution in [1.82, 2.24) is 14.8 Å². The Morgan fingerprint density at radius 2 is 2.29 bits per heavy atom. The van der Waals surface area contributed by atoms with E-state index in [-0.39, 0.29) is 5.82 Å². The lowest BCUT2D eigenvalue weighted by Crippen LogP contribution is -2.03. The van der Waals surface area contributed by atoms with Gasteiger partial charge in [-0.2, -0.15) is 5.10 Å². The number of nitrogens with zero attached hydrogens (tertiary/aromatic N) is 2. The van der Waals surface area contributed by atoms with E-state index in [2.05, 4.69) is 39.7 Å². The molecule has 0 saturated carbocycles. The number of aryl methyl sites for hydroxylation is 1. The number of rotatable bonds is 3. The first-order valence-electron chi connectivity index (χ1n) is 5.25. The zero-order valence-corrected chi connectivity index (χ0v) is 12.2. The fourth-order valence-electron chi connectivity index (χ4n) is 1.63. The van der Waals surface area contributed by atoms with Crippen molar-refractivity contribution in [2.75, 3.05) is 0 Å². The van der Waals surface area contributed by atoms with Crippen LogP contribution in [0.4, 0.5) is 4.39 Å². The quantitative estimate of drug-likeness (QED) is 0.668. The Balaban J connectivity index is 2.59. The van der Waals surface area contributed by atoms with Gasteiger partial charge in [-0.1, -0.05) is 6.92 Å². The summed E-state index contributed by atoms with van der Waals surface area (Å²) in [6.45, 7) is 2.08. The van der Waals surface area contributed by atoms with Gasteiger partial charge in [-0.05, 0) is 59.4 Å². The van der Waals surface area contributed by atoms with Gasteiger partial charge in [-0.3, -0.25) is 9.67 Å². The summed E-state index contributed by atoms with van der Waals surface area (Å²) in [5.41, 5.74) is 0.870. The number of hydrogen-bond acceptors (Lipinski definition) is 2. The van der Waals surface area contributed by atoms with E-state index in [9.17, 15) is 4.39 Å². The molecule has 3 nitrogen and oxygen atoms in total. The Hall–Kier alpha value is -0.760. The SMILES string of the molecule is CCCc1n[nH]c(=S)n1-c1ccc(F)cc1I. The second kappa shape index (κ2) is 5.26. The smallest absolute Gasteiger partial charge is 0.199 e. The van der Waals surface area contributed by atoms with Crippen LogP contribution in [0.3, 0.4) is 0 Å². The van der Waals surface area contributed by atoms with Crippen molar-refractivity contribution >= 4 is 34.8 Å². The molecule has 0 aliphatic rings. The molecule has 0 atom stereocenters. The van der Waals surface area contributed by atoms with Crippen LogP contribution in [-0.4, -0.2) is 14.8 Å². The van der Waals surface area contributed by atoms with Gasteiger partial charge in [0, 0.05) is 9.99 Å². The van der Waals surface area contributed by atoms with Crippen molar-refractivity contribution in [3.8, 4) is 5.69 Å². The summed E-state index contributed by atoms with van der Waals surface area (Å²) in [5, 5.41) is 6.98. The van der Waals surface area contributed by atoms with Gasteiger partial charge in [-0.25, -0.2) is 4.39 Å². The van der Waals surface area contributed by atoms with Gasteiger partial charge in [0.15, 0.2) is 4.77 Å². The predicted molar refractivity (Wildman–Crippen MR) is 75.4 cm³/mol. The van der Waals surface area contributed by atoms with E-state index in [1.807, 2.05) is 4.57 Å². The fraction of sp³-hybridized carbons (Fsp3) is 0.273. The number of aromatic amines is 1. The van der Waals surface area contributed by atoms with E-state index in [0.29, 0.717) is 4.77 Å². The molecule has 0 fully saturated rings. The molecule has 6 heteroatoms. The lowest BCUT2D eigenvalue weighted by atomic mass is 10.3. The molecule has 0 aliphatic carbocycles. The van der Waals surface area contributed by atoms with Crippen LogP contribution in [-0.2, 0) is 6.42 Å². The third kappa shape index (κ3) is 2.57. The van der Waals surface area contributed by atoms with Crippen LogP contribution in [0.15, 0.2) is 18.2 Å². The Labute approximate surface area is 117 Å². The molecule has 2 rings (SSSR count). The average Bonchev–Trinajstić information content (AvgIpc) is 2.62. The second-order valence-electron chi connectivity index (χ2n) is 3.63. The molecular formula is C11H11FIN3S. The average molecular weight is 363 g/mol. The van der Waals surface area contributed by atoms with E-state index in [0.717, 1.165) is 27.9 Å². The largest absolute Gasteiger partial charge is 0.271 e. The summed E-state index contributed by atoms with van der Waals surface area (Å²) in [6.07, 6.45) is 1.82. The second-order valence-corrected chi connectivity index (χ2v) is 5.18. The van der Waals surface area contributed by atoms with Gasteiger partial charge in [-0.15, -0.1) is 0 Å². The first kappa shape index (κ1) is 12.7. The number of nitrogens with one attached hydrogen (secondary N) is 1. The van der Waals surface area contributed by atoms with Crippen molar-refractivity contribution in [2.24, 2.45) is 0 Å². The molecule has 0 aliphatic heterocycles. The summed E-state index contributed by atoms with van der Waals surface area (Å²) in [5.74, 6) is 0.632. The van der Waals surface area contributed by atoms with E-state index >= 15 is 0 Å². The minimum absolute atomic E-state index is 0.245. The van der Waals surface area contributed by atoms with Crippen molar-refractivity contribution < 1.29 is 4.39 Å². The predicted octanol–water partition coefficient (Wildman–Crippen LogP) is 3.63. The van der Waals surface area contributed by atoms with Crippen LogP contribution in [0, 0.1) is 14.2 Å². The van der Waals surface area contributed by atoms with Gasteiger partial charge >= 0.3 is 0 Å². The molecule has 1 aromatic carbocycles. The minimum atomic E-state index is -0.245. The lowest BCUT2D eigenvalue weighted by molar-refractivity contribution is 0.626. The van der Waals surface area contributed by atoms with Gasteiger partial charge < -0.3 is 0 Å². The van der Waals surface area contributed by atoms with Crippen LogP contribution in [0.1, 0.15) is 19.2 Å². The van der Waals surface area contributed by atoms with E-state index < -0.39 is 0 Å². The number of benzene rings is 1. The van der Waals surface area contributed by atoms with Crippen LogP contribution < -0.4 is 0 Å². The highest BCUT2D eigenvalue weighted by Gasteiger charge is 2.10. The van der Waals surface area contributed by atoms with Gasteiger partial charge in [0.2, 0.25) is 0 Å². The van der Waals surface area contributed by atoms with Crippen molar-refractivity contribution in [1.29, 1.82) is 0 Å². The Morgan fingerprint density at radius 3 is 2.94 bits per heavy atom. The molecule has 0 unspecified atom stereocenters. The Kier molecular flexibility index (Phi) is 3.93. The number of hydrogen-bond donors (Lipinski definition) is 1. The Bertz CT molecular complexity index is 591. The minimum Gasteiger partial charge on any atom is -0.271 e. The maximum Gasteiger partial charge on any atom is 0.199 e.